The van der Waals surface area contributed by atoms with Crippen molar-refractivity contribution in [3.8, 4) is 55.6 Å². The van der Waals surface area contributed by atoms with Crippen LogP contribution in [0.3, 0.4) is 0 Å². The number of hydrogen-bond acceptors (Lipinski definition) is 3. The highest BCUT2D eigenvalue weighted by atomic mass is 32.1. The molecule has 0 aliphatic rings. The predicted molar refractivity (Wildman–Crippen MR) is 268 cm³/mol. The molecule has 12 aromatic rings. The number of thiophene rings is 1. The Balaban J connectivity index is 0.913. The van der Waals surface area contributed by atoms with Crippen LogP contribution in [0.25, 0.3) is 97.7 Å². The molecule has 0 bridgehead atoms. The smallest absolute Gasteiger partial charge is 0.143 e. The largest absolute Gasteiger partial charge is 0.455 e. The quantitative estimate of drug-likeness (QED) is 0.152. The molecular formula is C60H39NOS. The van der Waals surface area contributed by atoms with Crippen LogP contribution in [0, 0.1) is 0 Å². The first-order valence-electron chi connectivity index (χ1n) is 21.4. The van der Waals surface area contributed by atoms with Gasteiger partial charge < -0.3 is 9.32 Å². The fourth-order valence-corrected chi connectivity index (χ4v) is 10.3. The molecule has 10 aromatic carbocycles. The lowest BCUT2D eigenvalue weighted by Gasteiger charge is -2.26. The molecule has 12 rings (SSSR count). The van der Waals surface area contributed by atoms with Gasteiger partial charge in [0.2, 0.25) is 0 Å². The van der Waals surface area contributed by atoms with Gasteiger partial charge in [-0.15, -0.1) is 11.3 Å². The van der Waals surface area contributed by atoms with Crippen molar-refractivity contribution in [2.45, 2.75) is 0 Å². The third-order valence-electron chi connectivity index (χ3n) is 12.3. The van der Waals surface area contributed by atoms with E-state index >= 15 is 0 Å². The average molecular weight is 822 g/mol. The van der Waals surface area contributed by atoms with Crippen LogP contribution in [0.4, 0.5) is 17.1 Å². The molecule has 0 atom stereocenters. The number of benzene rings is 10. The molecule has 296 valence electrons. The predicted octanol–water partition coefficient (Wildman–Crippen LogP) is 17.8. The summed E-state index contributed by atoms with van der Waals surface area (Å²) in [5.74, 6) is 0. The van der Waals surface area contributed by atoms with E-state index in [1.165, 1.54) is 53.6 Å². The summed E-state index contributed by atoms with van der Waals surface area (Å²) in [5.41, 5.74) is 16.9. The topological polar surface area (TPSA) is 16.4 Å². The maximum absolute atomic E-state index is 6.50. The van der Waals surface area contributed by atoms with E-state index in [1.807, 2.05) is 17.4 Å². The number of fused-ring (bicyclic) bond motifs is 6. The minimum Gasteiger partial charge on any atom is -0.455 e. The van der Waals surface area contributed by atoms with Gasteiger partial charge >= 0.3 is 0 Å². The van der Waals surface area contributed by atoms with Gasteiger partial charge in [0.1, 0.15) is 11.2 Å². The Morgan fingerprint density at radius 2 is 0.746 bits per heavy atom. The van der Waals surface area contributed by atoms with Crippen LogP contribution in [0.15, 0.2) is 241 Å². The van der Waals surface area contributed by atoms with Crippen molar-refractivity contribution >= 4 is 70.5 Å². The molecule has 0 aliphatic heterocycles. The third kappa shape index (κ3) is 6.67. The Bertz CT molecular complexity index is 3590. The highest BCUT2D eigenvalue weighted by Gasteiger charge is 2.17. The minimum atomic E-state index is 0.891. The van der Waals surface area contributed by atoms with Crippen LogP contribution in [0.5, 0.6) is 0 Å². The van der Waals surface area contributed by atoms with Gasteiger partial charge in [-0.1, -0.05) is 176 Å². The summed E-state index contributed by atoms with van der Waals surface area (Å²) in [6.07, 6.45) is 0. The number of furan rings is 1. The van der Waals surface area contributed by atoms with Crippen molar-refractivity contribution in [2.24, 2.45) is 0 Å². The van der Waals surface area contributed by atoms with E-state index in [1.54, 1.807) is 0 Å². The molecule has 2 aromatic heterocycles. The van der Waals surface area contributed by atoms with Crippen LogP contribution in [-0.2, 0) is 0 Å². The van der Waals surface area contributed by atoms with Gasteiger partial charge in [-0.2, -0.15) is 0 Å². The van der Waals surface area contributed by atoms with Crippen LogP contribution < -0.4 is 4.90 Å². The number of rotatable bonds is 8. The zero-order chi connectivity index (χ0) is 41.7. The van der Waals surface area contributed by atoms with Crippen molar-refractivity contribution < 1.29 is 4.42 Å². The van der Waals surface area contributed by atoms with Gasteiger partial charge in [0.05, 0.1) is 0 Å². The lowest BCUT2D eigenvalue weighted by molar-refractivity contribution is 0.670. The second-order valence-electron chi connectivity index (χ2n) is 16.1. The van der Waals surface area contributed by atoms with Crippen LogP contribution in [-0.4, -0.2) is 0 Å². The molecule has 0 N–H and O–H groups in total. The lowest BCUT2D eigenvalue weighted by Crippen LogP contribution is -2.09. The molecule has 0 fully saturated rings. The van der Waals surface area contributed by atoms with E-state index in [2.05, 4.69) is 235 Å². The first kappa shape index (κ1) is 36.8. The summed E-state index contributed by atoms with van der Waals surface area (Å²) < 4.78 is 9.14. The van der Waals surface area contributed by atoms with Crippen LogP contribution in [0.2, 0.25) is 0 Å². The molecular weight excluding hydrogens is 783 g/mol. The monoisotopic (exact) mass is 821 g/mol. The van der Waals surface area contributed by atoms with Gasteiger partial charge in [0.25, 0.3) is 0 Å². The average Bonchev–Trinajstić information content (AvgIpc) is 3.93. The maximum Gasteiger partial charge on any atom is 0.143 e. The molecule has 2 heterocycles. The van der Waals surface area contributed by atoms with Crippen molar-refractivity contribution in [3.63, 3.8) is 0 Å². The first-order valence-corrected chi connectivity index (χ1v) is 22.2. The maximum atomic E-state index is 6.50. The SMILES string of the molecule is c1ccc(-c2ccccc2-c2ccc(N(c3ccc(-c4ccc5c(c4)sc4ccccc45)cc3)c3ccc(-c4ccc5oc6c(-c7ccccc7)cccc6c5c4)cc3)cc2)cc1. The molecule has 0 radical (unpaired) electrons. The second kappa shape index (κ2) is 15.5. The number of hydrogen-bond donors (Lipinski definition) is 0. The van der Waals surface area contributed by atoms with Crippen molar-refractivity contribution in [3.05, 3.63) is 237 Å². The summed E-state index contributed by atoms with van der Waals surface area (Å²) in [7, 11) is 0. The Morgan fingerprint density at radius 3 is 1.40 bits per heavy atom. The third-order valence-corrected chi connectivity index (χ3v) is 13.5. The molecule has 63 heavy (non-hydrogen) atoms. The number of nitrogens with zero attached hydrogens (tertiary/aromatic N) is 1. The van der Waals surface area contributed by atoms with E-state index in [-0.39, 0.29) is 0 Å². The fraction of sp³-hybridized carbons (Fsp3) is 0. The lowest BCUT2D eigenvalue weighted by atomic mass is 9.94. The van der Waals surface area contributed by atoms with Gasteiger partial charge in [0.15, 0.2) is 0 Å². The Labute approximate surface area is 370 Å². The molecule has 3 heteroatoms. The molecule has 0 unspecified atom stereocenters. The van der Waals surface area contributed by atoms with E-state index in [4.69, 9.17) is 4.42 Å². The van der Waals surface area contributed by atoms with E-state index in [9.17, 15) is 0 Å². The molecule has 0 aliphatic carbocycles. The number of anilines is 3. The van der Waals surface area contributed by atoms with Gasteiger partial charge in [-0.05, 0) is 111 Å². The zero-order valence-electron chi connectivity index (χ0n) is 34.3. The normalized spacial score (nSPS) is 11.5. The highest BCUT2D eigenvalue weighted by molar-refractivity contribution is 7.25. The van der Waals surface area contributed by atoms with Crippen LogP contribution >= 0.6 is 11.3 Å². The van der Waals surface area contributed by atoms with E-state index in [0.717, 1.165) is 61.3 Å². The minimum absolute atomic E-state index is 0.891. The molecule has 2 nitrogen and oxygen atoms in total. The summed E-state index contributed by atoms with van der Waals surface area (Å²) in [6.45, 7) is 0. The molecule has 0 saturated heterocycles. The highest BCUT2D eigenvalue weighted by Crippen LogP contribution is 2.42. The zero-order valence-corrected chi connectivity index (χ0v) is 35.1. The Morgan fingerprint density at radius 1 is 0.286 bits per heavy atom. The Hall–Kier alpha value is -7.98. The molecule has 0 spiro atoms. The van der Waals surface area contributed by atoms with Crippen molar-refractivity contribution in [2.75, 3.05) is 4.90 Å². The van der Waals surface area contributed by atoms with Gasteiger partial charge in [0, 0.05) is 53.6 Å². The summed E-state index contributed by atoms with van der Waals surface area (Å²) in [6, 6.07) is 85.2. The summed E-state index contributed by atoms with van der Waals surface area (Å²) in [4.78, 5) is 2.35. The van der Waals surface area contributed by atoms with E-state index < -0.39 is 0 Å². The summed E-state index contributed by atoms with van der Waals surface area (Å²) in [5, 5.41) is 4.88. The van der Waals surface area contributed by atoms with Crippen LogP contribution in [0.1, 0.15) is 0 Å². The van der Waals surface area contributed by atoms with Crippen molar-refractivity contribution in [1.29, 1.82) is 0 Å². The van der Waals surface area contributed by atoms with Gasteiger partial charge in [-0.25, -0.2) is 0 Å². The molecule has 0 amide bonds. The fourth-order valence-electron chi connectivity index (χ4n) is 9.18. The first-order chi connectivity index (χ1) is 31.2. The number of para-hydroxylation sites is 1. The van der Waals surface area contributed by atoms with Gasteiger partial charge in [-0.3, -0.25) is 0 Å². The second-order valence-corrected chi connectivity index (χ2v) is 17.1. The Kier molecular flexibility index (Phi) is 9.06. The standard InChI is InChI=1S/C60H39NOS/c1-3-12-42(13-4-1)50-16-7-8-17-51(50)44-26-34-49(35-27-44)61(48-32-24-41(25-33-48)46-28-36-54-53-18-9-10-21-58(53)63-59(54)39-46)47-30-22-40(23-31-47)45-29-37-57-56(38-45)55-20-11-19-52(60(55)62-57)43-14-5-2-6-15-43/h1-39H. The molecule has 0 saturated carbocycles. The van der Waals surface area contributed by atoms with E-state index in [0.29, 0.717) is 0 Å². The van der Waals surface area contributed by atoms with Crippen molar-refractivity contribution in [1.82, 2.24) is 0 Å². The summed E-state index contributed by atoms with van der Waals surface area (Å²) >= 11 is 1.86.